The molecule has 1 aromatic heterocycles. The van der Waals surface area contributed by atoms with Crippen molar-refractivity contribution >= 4 is 18.4 Å². The molecule has 152 valence electrons. The SMILES string of the molecule is CCCCc1n[nH]c(=S)n1/N=C\c1ccc(OCc2ccccc2F)c(OC)c1. The van der Waals surface area contributed by atoms with Gasteiger partial charge in [-0.1, -0.05) is 31.5 Å². The van der Waals surface area contributed by atoms with Crippen molar-refractivity contribution in [3.8, 4) is 11.5 Å². The number of nitrogens with one attached hydrogen (secondary N) is 1. The van der Waals surface area contributed by atoms with E-state index in [9.17, 15) is 4.39 Å². The fraction of sp³-hybridized carbons (Fsp3) is 0.286. The molecule has 3 aromatic rings. The summed E-state index contributed by atoms with van der Waals surface area (Å²) in [6.07, 6.45) is 4.56. The Hall–Kier alpha value is -3.00. The van der Waals surface area contributed by atoms with Crippen LogP contribution in [-0.2, 0) is 13.0 Å². The molecule has 0 aliphatic rings. The number of benzene rings is 2. The Kier molecular flexibility index (Phi) is 7.13. The molecule has 0 atom stereocenters. The highest BCUT2D eigenvalue weighted by atomic mass is 32.1. The molecule has 0 aliphatic heterocycles. The van der Waals surface area contributed by atoms with Crippen molar-refractivity contribution in [1.82, 2.24) is 14.9 Å². The zero-order valence-electron chi connectivity index (χ0n) is 16.4. The van der Waals surface area contributed by atoms with Crippen molar-refractivity contribution in [3.63, 3.8) is 0 Å². The van der Waals surface area contributed by atoms with Gasteiger partial charge in [-0.25, -0.2) is 4.39 Å². The van der Waals surface area contributed by atoms with Gasteiger partial charge < -0.3 is 9.47 Å². The van der Waals surface area contributed by atoms with Gasteiger partial charge in [-0.2, -0.15) is 14.9 Å². The summed E-state index contributed by atoms with van der Waals surface area (Å²) in [5.41, 5.74) is 1.29. The number of unbranched alkanes of at least 4 members (excludes halogenated alkanes) is 1. The summed E-state index contributed by atoms with van der Waals surface area (Å²) in [6, 6.07) is 11.9. The number of halogens is 1. The minimum Gasteiger partial charge on any atom is -0.493 e. The Morgan fingerprint density at radius 1 is 1.24 bits per heavy atom. The first-order chi connectivity index (χ1) is 14.1. The molecule has 0 bridgehead atoms. The molecule has 1 heterocycles. The van der Waals surface area contributed by atoms with Crippen molar-refractivity contribution < 1.29 is 13.9 Å². The fourth-order valence-corrected chi connectivity index (χ4v) is 2.92. The van der Waals surface area contributed by atoms with E-state index in [1.807, 2.05) is 6.07 Å². The van der Waals surface area contributed by atoms with Crippen LogP contribution in [0.5, 0.6) is 11.5 Å². The summed E-state index contributed by atoms with van der Waals surface area (Å²) in [5.74, 6) is 1.56. The van der Waals surface area contributed by atoms with Gasteiger partial charge in [-0.3, -0.25) is 5.10 Å². The number of ether oxygens (including phenoxy) is 2. The molecular weight excluding hydrogens is 391 g/mol. The van der Waals surface area contributed by atoms with Crippen molar-refractivity contribution in [1.29, 1.82) is 0 Å². The van der Waals surface area contributed by atoms with Gasteiger partial charge in [0, 0.05) is 12.0 Å². The van der Waals surface area contributed by atoms with Crippen LogP contribution in [0.25, 0.3) is 0 Å². The Morgan fingerprint density at radius 2 is 2.07 bits per heavy atom. The lowest BCUT2D eigenvalue weighted by atomic mass is 10.2. The monoisotopic (exact) mass is 414 g/mol. The van der Waals surface area contributed by atoms with E-state index in [1.165, 1.54) is 6.07 Å². The van der Waals surface area contributed by atoms with Gasteiger partial charge >= 0.3 is 0 Å². The molecule has 3 rings (SSSR count). The summed E-state index contributed by atoms with van der Waals surface area (Å²) in [6.45, 7) is 2.23. The number of hydrogen-bond acceptors (Lipinski definition) is 5. The van der Waals surface area contributed by atoms with Gasteiger partial charge in [-0.05, 0) is 48.5 Å². The van der Waals surface area contributed by atoms with E-state index in [4.69, 9.17) is 21.7 Å². The third-order valence-electron chi connectivity index (χ3n) is 4.32. The minimum absolute atomic E-state index is 0.113. The molecule has 29 heavy (non-hydrogen) atoms. The van der Waals surface area contributed by atoms with Gasteiger partial charge in [0.25, 0.3) is 0 Å². The number of aryl methyl sites for hydroxylation is 1. The molecule has 8 heteroatoms. The highest BCUT2D eigenvalue weighted by Gasteiger charge is 2.08. The molecule has 0 unspecified atom stereocenters. The van der Waals surface area contributed by atoms with Crippen LogP contribution in [0.2, 0.25) is 0 Å². The van der Waals surface area contributed by atoms with E-state index in [1.54, 1.807) is 48.3 Å². The summed E-state index contributed by atoms with van der Waals surface area (Å²) in [7, 11) is 1.56. The first-order valence-electron chi connectivity index (χ1n) is 9.37. The zero-order chi connectivity index (χ0) is 20.6. The summed E-state index contributed by atoms with van der Waals surface area (Å²) in [4.78, 5) is 0. The summed E-state index contributed by atoms with van der Waals surface area (Å²) >= 11 is 5.26. The second-order valence-corrected chi connectivity index (χ2v) is 6.78. The Balaban J connectivity index is 1.75. The standard InChI is InChI=1S/C21H23FN4O2S/c1-3-4-9-20-24-25-21(29)26(20)23-13-15-10-11-18(19(12-15)27-2)28-14-16-7-5-6-8-17(16)22/h5-8,10-13H,3-4,9,14H2,1-2H3,(H,25,29)/b23-13-. The van der Waals surface area contributed by atoms with E-state index in [0.29, 0.717) is 21.8 Å². The highest BCUT2D eigenvalue weighted by Crippen LogP contribution is 2.28. The smallest absolute Gasteiger partial charge is 0.216 e. The fourth-order valence-electron chi connectivity index (χ4n) is 2.72. The van der Waals surface area contributed by atoms with Gasteiger partial charge in [0.05, 0.1) is 13.3 Å². The van der Waals surface area contributed by atoms with Crippen LogP contribution in [0.1, 0.15) is 36.7 Å². The number of nitrogens with zero attached hydrogens (tertiary/aromatic N) is 3. The van der Waals surface area contributed by atoms with Crippen molar-refractivity contribution in [3.05, 3.63) is 70.0 Å². The lowest BCUT2D eigenvalue weighted by Crippen LogP contribution is -2.01. The number of methoxy groups -OCH3 is 1. The average molecular weight is 415 g/mol. The van der Waals surface area contributed by atoms with Crippen LogP contribution in [0.15, 0.2) is 47.6 Å². The normalized spacial score (nSPS) is 11.1. The predicted octanol–water partition coefficient (Wildman–Crippen LogP) is 4.89. The number of H-pyrrole nitrogens is 1. The lowest BCUT2D eigenvalue weighted by molar-refractivity contribution is 0.279. The largest absolute Gasteiger partial charge is 0.493 e. The van der Waals surface area contributed by atoms with Gasteiger partial charge in [-0.15, -0.1) is 0 Å². The second-order valence-electron chi connectivity index (χ2n) is 6.40. The third kappa shape index (κ3) is 5.29. The van der Waals surface area contributed by atoms with E-state index >= 15 is 0 Å². The molecule has 0 amide bonds. The minimum atomic E-state index is -0.300. The molecular formula is C21H23FN4O2S. The molecule has 0 spiro atoms. The summed E-state index contributed by atoms with van der Waals surface area (Å²) in [5, 5.41) is 11.5. The molecule has 0 saturated heterocycles. The molecule has 0 aliphatic carbocycles. The zero-order valence-corrected chi connectivity index (χ0v) is 17.2. The van der Waals surface area contributed by atoms with Crippen LogP contribution < -0.4 is 9.47 Å². The van der Waals surface area contributed by atoms with E-state index in [-0.39, 0.29) is 12.4 Å². The molecule has 0 saturated carbocycles. The van der Waals surface area contributed by atoms with E-state index in [0.717, 1.165) is 30.7 Å². The van der Waals surface area contributed by atoms with Gasteiger partial charge in [0.1, 0.15) is 12.4 Å². The van der Waals surface area contributed by atoms with E-state index < -0.39 is 0 Å². The van der Waals surface area contributed by atoms with Gasteiger partial charge in [0.2, 0.25) is 4.77 Å². The van der Waals surface area contributed by atoms with E-state index in [2.05, 4.69) is 22.2 Å². The quantitative estimate of drug-likeness (QED) is 0.400. The number of rotatable bonds is 9. The third-order valence-corrected chi connectivity index (χ3v) is 4.59. The Labute approximate surface area is 174 Å². The molecule has 1 N–H and O–H groups in total. The number of hydrogen-bond donors (Lipinski definition) is 1. The van der Waals surface area contributed by atoms with Crippen LogP contribution >= 0.6 is 12.2 Å². The topological polar surface area (TPSA) is 64.4 Å². The first kappa shape index (κ1) is 20.7. The van der Waals surface area contributed by atoms with Crippen LogP contribution in [0.4, 0.5) is 4.39 Å². The molecule has 6 nitrogen and oxygen atoms in total. The second kappa shape index (κ2) is 9.97. The van der Waals surface area contributed by atoms with Crippen molar-refractivity contribution in [2.75, 3.05) is 7.11 Å². The lowest BCUT2D eigenvalue weighted by Gasteiger charge is -2.11. The van der Waals surface area contributed by atoms with Crippen molar-refractivity contribution in [2.45, 2.75) is 32.8 Å². The highest BCUT2D eigenvalue weighted by molar-refractivity contribution is 7.71. The van der Waals surface area contributed by atoms with Crippen molar-refractivity contribution in [2.24, 2.45) is 5.10 Å². The average Bonchev–Trinajstić information content (AvgIpc) is 3.09. The maximum absolute atomic E-state index is 13.8. The molecule has 0 radical (unpaired) electrons. The van der Waals surface area contributed by atoms with Crippen LogP contribution in [0.3, 0.4) is 0 Å². The maximum Gasteiger partial charge on any atom is 0.216 e. The Bertz CT molecular complexity index is 1050. The maximum atomic E-state index is 13.8. The first-order valence-corrected chi connectivity index (χ1v) is 9.78. The van der Waals surface area contributed by atoms with Crippen LogP contribution in [-0.4, -0.2) is 28.2 Å². The predicted molar refractivity (Wildman–Crippen MR) is 113 cm³/mol. The van der Waals surface area contributed by atoms with Crippen LogP contribution in [0, 0.1) is 10.6 Å². The molecule has 2 aromatic carbocycles. The summed E-state index contributed by atoms with van der Waals surface area (Å²) < 4.78 is 27.0. The molecule has 0 fully saturated rings. The van der Waals surface area contributed by atoms with Gasteiger partial charge in [0.15, 0.2) is 17.3 Å². The number of aromatic nitrogens is 3. The number of aromatic amines is 1. The Morgan fingerprint density at radius 3 is 2.83 bits per heavy atom.